The van der Waals surface area contributed by atoms with Crippen molar-refractivity contribution in [3.05, 3.63) is 29.8 Å². The molecule has 0 unspecified atom stereocenters. The molecule has 3 aromatic rings. The van der Waals surface area contributed by atoms with Crippen molar-refractivity contribution in [3.8, 4) is 11.3 Å². The molecule has 7 nitrogen and oxygen atoms in total. The number of nitrogens with one attached hydrogen (secondary N) is 1. The Kier molecular flexibility index (Phi) is 5.67. The molecule has 0 amide bonds. The van der Waals surface area contributed by atoms with E-state index in [1.54, 1.807) is 4.68 Å². The molecule has 1 fully saturated rings. The number of aromatic nitrogens is 4. The van der Waals surface area contributed by atoms with E-state index in [0.29, 0.717) is 23.3 Å². The minimum atomic E-state index is 0.491. The van der Waals surface area contributed by atoms with Gasteiger partial charge in [0, 0.05) is 25.7 Å². The third-order valence-corrected chi connectivity index (χ3v) is 5.75. The predicted octanol–water partition coefficient (Wildman–Crippen LogP) is 3.63. The molecule has 3 N–H and O–H groups in total. The Labute approximate surface area is 172 Å². The highest BCUT2D eigenvalue weighted by atomic mass is 15.3. The van der Waals surface area contributed by atoms with Crippen molar-refractivity contribution in [2.45, 2.75) is 39.0 Å². The van der Waals surface area contributed by atoms with Crippen LogP contribution in [0.5, 0.6) is 0 Å². The Morgan fingerprint density at radius 3 is 2.48 bits per heavy atom. The molecule has 0 spiro atoms. The van der Waals surface area contributed by atoms with Crippen molar-refractivity contribution in [1.82, 2.24) is 24.6 Å². The molecule has 0 atom stereocenters. The lowest BCUT2D eigenvalue weighted by atomic mass is 10.00. The Balaban J connectivity index is 1.62. The number of aryl methyl sites for hydroxylation is 1. The van der Waals surface area contributed by atoms with E-state index in [2.05, 4.69) is 58.4 Å². The van der Waals surface area contributed by atoms with Crippen molar-refractivity contribution in [3.63, 3.8) is 0 Å². The van der Waals surface area contributed by atoms with E-state index in [1.165, 1.54) is 37.9 Å². The molecule has 2 aromatic heterocycles. The average Bonchev–Trinajstić information content (AvgIpc) is 3.02. The standard InChI is InChI=1S/C22H31N7/c1-15(2)16-7-9-17(10-8-16)19-18-20(23)28(3)27-21(18)26-22(25-19)24-11-14-29-12-5-4-6-13-29/h7-10,15H,4-6,11-14,23H2,1-3H3,(H,24,26,27). The molecule has 154 valence electrons. The van der Waals surface area contributed by atoms with Gasteiger partial charge in [0.1, 0.15) is 5.82 Å². The van der Waals surface area contributed by atoms with Crippen molar-refractivity contribution in [1.29, 1.82) is 0 Å². The zero-order chi connectivity index (χ0) is 20.4. The first-order valence-electron chi connectivity index (χ1n) is 10.6. The van der Waals surface area contributed by atoms with Crippen LogP contribution in [0.25, 0.3) is 22.3 Å². The summed E-state index contributed by atoms with van der Waals surface area (Å²) in [4.78, 5) is 11.9. The third-order valence-electron chi connectivity index (χ3n) is 5.75. The second kappa shape index (κ2) is 8.37. The molecule has 0 bridgehead atoms. The normalized spacial score (nSPS) is 15.3. The van der Waals surface area contributed by atoms with Crippen LogP contribution in [-0.2, 0) is 7.05 Å². The van der Waals surface area contributed by atoms with E-state index in [0.717, 1.165) is 29.7 Å². The molecule has 1 saturated heterocycles. The fourth-order valence-electron chi connectivity index (χ4n) is 3.94. The van der Waals surface area contributed by atoms with Crippen LogP contribution in [0, 0.1) is 0 Å². The summed E-state index contributed by atoms with van der Waals surface area (Å²) in [5.74, 6) is 1.68. The summed E-state index contributed by atoms with van der Waals surface area (Å²) in [6.45, 7) is 8.59. The maximum atomic E-state index is 6.30. The Morgan fingerprint density at radius 2 is 1.79 bits per heavy atom. The molecule has 0 radical (unpaired) electrons. The summed E-state index contributed by atoms with van der Waals surface area (Å²) in [5, 5.41) is 8.70. The highest BCUT2D eigenvalue weighted by molar-refractivity contribution is 5.98. The molecule has 0 aliphatic carbocycles. The van der Waals surface area contributed by atoms with E-state index < -0.39 is 0 Å². The number of rotatable bonds is 6. The lowest BCUT2D eigenvalue weighted by Crippen LogP contribution is -2.33. The summed E-state index contributed by atoms with van der Waals surface area (Å²) in [6, 6.07) is 8.54. The van der Waals surface area contributed by atoms with Crippen molar-refractivity contribution >= 4 is 22.8 Å². The number of piperidine rings is 1. The molecular formula is C22H31N7. The second-order valence-electron chi connectivity index (χ2n) is 8.21. The fraction of sp³-hybridized carbons (Fsp3) is 0.500. The van der Waals surface area contributed by atoms with Crippen LogP contribution in [-0.4, -0.2) is 50.8 Å². The molecule has 0 saturated carbocycles. The molecule has 7 heteroatoms. The molecule has 29 heavy (non-hydrogen) atoms. The van der Waals surface area contributed by atoms with Crippen molar-refractivity contribution < 1.29 is 0 Å². The van der Waals surface area contributed by atoms with Crippen LogP contribution in [0.1, 0.15) is 44.6 Å². The van der Waals surface area contributed by atoms with Crippen LogP contribution in [0.2, 0.25) is 0 Å². The average molecular weight is 394 g/mol. The first-order chi connectivity index (χ1) is 14.0. The molecule has 1 aromatic carbocycles. The van der Waals surface area contributed by atoms with Gasteiger partial charge in [-0.2, -0.15) is 10.1 Å². The Hall–Kier alpha value is -2.67. The summed E-state index contributed by atoms with van der Waals surface area (Å²) < 4.78 is 1.67. The third kappa shape index (κ3) is 4.19. The Morgan fingerprint density at radius 1 is 1.07 bits per heavy atom. The zero-order valence-corrected chi connectivity index (χ0v) is 17.6. The van der Waals surface area contributed by atoms with E-state index >= 15 is 0 Å². The second-order valence-corrected chi connectivity index (χ2v) is 8.21. The smallest absolute Gasteiger partial charge is 0.225 e. The van der Waals surface area contributed by atoms with Crippen LogP contribution in [0.15, 0.2) is 24.3 Å². The first-order valence-corrected chi connectivity index (χ1v) is 10.6. The van der Waals surface area contributed by atoms with Crippen molar-refractivity contribution in [2.24, 2.45) is 7.05 Å². The van der Waals surface area contributed by atoms with Gasteiger partial charge in [-0.3, -0.25) is 4.68 Å². The number of nitrogens with zero attached hydrogens (tertiary/aromatic N) is 5. The lowest BCUT2D eigenvalue weighted by Gasteiger charge is -2.26. The van der Waals surface area contributed by atoms with Crippen LogP contribution >= 0.6 is 0 Å². The highest BCUT2D eigenvalue weighted by Crippen LogP contribution is 2.31. The molecule has 3 heterocycles. The summed E-state index contributed by atoms with van der Waals surface area (Å²) >= 11 is 0. The van der Waals surface area contributed by atoms with Gasteiger partial charge in [0.05, 0.1) is 11.1 Å². The first kappa shape index (κ1) is 19.6. The van der Waals surface area contributed by atoms with Crippen LogP contribution in [0.4, 0.5) is 11.8 Å². The topological polar surface area (TPSA) is 84.9 Å². The minimum Gasteiger partial charge on any atom is -0.383 e. The maximum absolute atomic E-state index is 6.30. The minimum absolute atomic E-state index is 0.491. The SMILES string of the molecule is CC(C)c1ccc(-c2nc(NCCN3CCCCC3)nc3nn(C)c(N)c23)cc1. The fourth-order valence-corrected chi connectivity index (χ4v) is 3.94. The van der Waals surface area contributed by atoms with E-state index in [4.69, 9.17) is 10.7 Å². The van der Waals surface area contributed by atoms with E-state index in [9.17, 15) is 0 Å². The largest absolute Gasteiger partial charge is 0.383 e. The van der Waals surface area contributed by atoms with Gasteiger partial charge in [-0.1, -0.05) is 44.5 Å². The van der Waals surface area contributed by atoms with Gasteiger partial charge in [-0.15, -0.1) is 0 Å². The number of hydrogen-bond donors (Lipinski definition) is 2. The predicted molar refractivity (Wildman–Crippen MR) is 119 cm³/mol. The summed E-state index contributed by atoms with van der Waals surface area (Å²) in [6.07, 6.45) is 3.95. The number of likely N-dealkylation sites (tertiary alicyclic amines) is 1. The number of hydrogen-bond acceptors (Lipinski definition) is 6. The van der Waals surface area contributed by atoms with Gasteiger partial charge in [0.2, 0.25) is 5.95 Å². The zero-order valence-electron chi connectivity index (χ0n) is 17.6. The number of benzene rings is 1. The maximum Gasteiger partial charge on any atom is 0.225 e. The Bertz CT molecular complexity index is 969. The van der Waals surface area contributed by atoms with Gasteiger partial charge >= 0.3 is 0 Å². The highest BCUT2D eigenvalue weighted by Gasteiger charge is 2.17. The van der Waals surface area contributed by atoms with E-state index in [-0.39, 0.29) is 0 Å². The molecule has 1 aliphatic rings. The van der Waals surface area contributed by atoms with Crippen molar-refractivity contribution in [2.75, 3.05) is 37.2 Å². The summed E-state index contributed by atoms with van der Waals surface area (Å²) in [7, 11) is 1.84. The van der Waals surface area contributed by atoms with Gasteiger partial charge in [-0.25, -0.2) is 4.98 Å². The van der Waals surface area contributed by atoms with Crippen LogP contribution < -0.4 is 11.1 Å². The van der Waals surface area contributed by atoms with E-state index in [1.807, 2.05) is 7.05 Å². The number of anilines is 2. The number of fused-ring (bicyclic) bond motifs is 1. The van der Waals surface area contributed by atoms with Gasteiger partial charge in [-0.05, 0) is 37.4 Å². The number of nitrogen functional groups attached to an aromatic ring is 1. The quantitative estimate of drug-likeness (QED) is 0.665. The monoisotopic (exact) mass is 393 g/mol. The number of nitrogens with two attached hydrogens (primary N) is 1. The lowest BCUT2D eigenvalue weighted by molar-refractivity contribution is 0.237. The molecule has 4 rings (SSSR count). The van der Waals surface area contributed by atoms with Gasteiger partial charge in [0.15, 0.2) is 5.65 Å². The summed E-state index contributed by atoms with van der Waals surface area (Å²) in [5.41, 5.74) is 10.1. The van der Waals surface area contributed by atoms with Gasteiger partial charge in [0.25, 0.3) is 0 Å². The van der Waals surface area contributed by atoms with Crippen LogP contribution in [0.3, 0.4) is 0 Å². The molecular weight excluding hydrogens is 362 g/mol. The van der Waals surface area contributed by atoms with Gasteiger partial charge < -0.3 is 16.0 Å². The molecule has 1 aliphatic heterocycles.